The monoisotopic (exact) mass is 331 g/mol. The zero-order valence-electron chi connectivity index (χ0n) is 12.7. The molecule has 0 N–H and O–H groups in total. The van der Waals surface area contributed by atoms with Gasteiger partial charge in [-0.2, -0.15) is 0 Å². The standard InChI is InChI=1S/C16H17N3OS2/c1-4-19-15(20)13(22-16(19)21)9-10-14-17(2)11-7-5-6-8-12(11)18(14)3/h5-10H,4H2,1-3H3/b13-9+. The molecule has 0 aromatic heterocycles. The highest BCUT2D eigenvalue weighted by molar-refractivity contribution is 8.26. The van der Waals surface area contributed by atoms with Crippen LogP contribution in [0.4, 0.5) is 11.4 Å². The van der Waals surface area contributed by atoms with E-state index in [0.717, 1.165) is 17.2 Å². The molecule has 6 heteroatoms. The number of carbonyl (C=O) groups is 1. The van der Waals surface area contributed by atoms with E-state index in [0.29, 0.717) is 15.8 Å². The summed E-state index contributed by atoms with van der Waals surface area (Å²) in [4.78, 5) is 18.8. The van der Waals surface area contributed by atoms with Crippen LogP contribution in [-0.2, 0) is 4.79 Å². The summed E-state index contributed by atoms with van der Waals surface area (Å²) >= 11 is 6.59. The summed E-state index contributed by atoms with van der Waals surface area (Å²) in [6.07, 6.45) is 3.84. The highest BCUT2D eigenvalue weighted by Crippen LogP contribution is 2.39. The molecule has 2 aliphatic heterocycles. The number of fused-ring (bicyclic) bond motifs is 1. The van der Waals surface area contributed by atoms with Gasteiger partial charge in [-0.05, 0) is 31.2 Å². The van der Waals surface area contributed by atoms with Gasteiger partial charge in [0.25, 0.3) is 5.91 Å². The molecular weight excluding hydrogens is 314 g/mol. The van der Waals surface area contributed by atoms with Crippen molar-refractivity contribution in [3.05, 3.63) is 47.1 Å². The number of allylic oxidation sites excluding steroid dienone is 2. The molecule has 1 saturated heterocycles. The Morgan fingerprint density at radius 2 is 1.73 bits per heavy atom. The van der Waals surface area contributed by atoms with Crippen LogP contribution in [0.3, 0.4) is 0 Å². The van der Waals surface area contributed by atoms with Crippen LogP contribution in [0.5, 0.6) is 0 Å². The highest BCUT2D eigenvalue weighted by Gasteiger charge is 2.31. The van der Waals surface area contributed by atoms with E-state index in [1.54, 1.807) is 4.90 Å². The second-order valence-electron chi connectivity index (χ2n) is 5.08. The van der Waals surface area contributed by atoms with Crippen LogP contribution in [0.1, 0.15) is 6.92 Å². The van der Waals surface area contributed by atoms with E-state index < -0.39 is 0 Å². The van der Waals surface area contributed by atoms with Crippen molar-refractivity contribution in [1.29, 1.82) is 0 Å². The number of hydrogen-bond acceptors (Lipinski definition) is 5. The SMILES string of the molecule is CCN1C(=O)/C(=C\C=C2N(C)c3ccccc3N2C)SC1=S. The molecule has 1 aromatic rings. The summed E-state index contributed by atoms with van der Waals surface area (Å²) in [5.74, 6) is 1.03. The molecule has 1 aromatic carbocycles. The number of hydrogen-bond donors (Lipinski definition) is 0. The fourth-order valence-corrected chi connectivity index (χ4v) is 3.99. The van der Waals surface area contributed by atoms with Gasteiger partial charge < -0.3 is 9.80 Å². The smallest absolute Gasteiger partial charge is 0.266 e. The Morgan fingerprint density at radius 3 is 2.23 bits per heavy atom. The zero-order chi connectivity index (χ0) is 15.9. The molecule has 0 bridgehead atoms. The Morgan fingerprint density at radius 1 is 1.14 bits per heavy atom. The Balaban J connectivity index is 1.90. The van der Waals surface area contributed by atoms with Crippen LogP contribution in [0.15, 0.2) is 47.1 Å². The molecule has 1 fully saturated rings. The third kappa shape index (κ3) is 2.32. The molecule has 2 heterocycles. The van der Waals surface area contributed by atoms with Gasteiger partial charge in [0.05, 0.1) is 16.3 Å². The maximum atomic E-state index is 12.2. The van der Waals surface area contributed by atoms with Crippen LogP contribution >= 0.6 is 24.0 Å². The molecule has 0 aliphatic carbocycles. The fourth-order valence-electron chi connectivity index (χ4n) is 2.66. The minimum absolute atomic E-state index is 0.00447. The largest absolute Gasteiger partial charge is 0.329 e. The van der Waals surface area contributed by atoms with Crippen molar-refractivity contribution in [3.63, 3.8) is 0 Å². The molecule has 4 nitrogen and oxygen atoms in total. The number of carbonyl (C=O) groups excluding carboxylic acids is 1. The van der Waals surface area contributed by atoms with E-state index in [9.17, 15) is 4.79 Å². The third-order valence-electron chi connectivity index (χ3n) is 3.87. The normalized spacial score (nSPS) is 19.5. The topological polar surface area (TPSA) is 26.8 Å². The first-order chi connectivity index (χ1) is 10.5. The zero-order valence-corrected chi connectivity index (χ0v) is 14.4. The van der Waals surface area contributed by atoms with Gasteiger partial charge in [0.15, 0.2) is 0 Å². The van der Waals surface area contributed by atoms with Crippen LogP contribution < -0.4 is 9.80 Å². The summed E-state index contributed by atoms with van der Waals surface area (Å²) in [5, 5.41) is 0. The van der Waals surface area contributed by atoms with E-state index in [1.807, 2.05) is 45.3 Å². The average molecular weight is 331 g/mol. The number of likely N-dealkylation sites (N-methyl/N-ethyl adjacent to an activating group) is 1. The summed E-state index contributed by atoms with van der Waals surface area (Å²) in [5.41, 5.74) is 2.32. The molecule has 0 saturated carbocycles. The predicted molar refractivity (Wildman–Crippen MR) is 97.0 cm³/mol. The lowest BCUT2D eigenvalue weighted by Gasteiger charge is -2.17. The molecule has 0 atom stereocenters. The van der Waals surface area contributed by atoms with Crippen LogP contribution in [0.25, 0.3) is 0 Å². The number of thiocarbonyl (C=S) groups is 1. The molecule has 2 aliphatic rings. The third-order valence-corrected chi connectivity index (χ3v) is 5.26. The first-order valence-corrected chi connectivity index (χ1v) is 8.29. The number of thioether (sulfide) groups is 1. The van der Waals surface area contributed by atoms with Gasteiger partial charge in [-0.3, -0.25) is 9.69 Å². The molecule has 1 amide bonds. The lowest BCUT2D eigenvalue weighted by atomic mass is 10.3. The van der Waals surface area contributed by atoms with Crippen LogP contribution in [0.2, 0.25) is 0 Å². The Bertz CT molecular complexity index is 680. The maximum absolute atomic E-state index is 12.2. The second-order valence-corrected chi connectivity index (χ2v) is 6.76. The summed E-state index contributed by atoms with van der Waals surface area (Å²) in [6, 6.07) is 8.23. The summed E-state index contributed by atoms with van der Waals surface area (Å²) in [6.45, 7) is 2.55. The van der Waals surface area contributed by atoms with E-state index in [-0.39, 0.29) is 5.91 Å². The molecule has 3 rings (SSSR count). The van der Waals surface area contributed by atoms with Crippen molar-refractivity contribution in [3.8, 4) is 0 Å². The number of rotatable bonds is 2. The fraction of sp³-hybridized carbons (Fsp3) is 0.250. The molecular formula is C16H17N3OS2. The minimum atomic E-state index is -0.00447. The van der Waals surface area contributed by atoms with Gasteiger partial charge in [0, 0.05) is 20.6 Å². The van der Waals surface area contributed by atoms with Crippen LogP contribution in [0, 0.1) is 0 Å². The van der Waals surface area contributed by atoms with Gasteiger partial charge >= 0.3 is 0 Å². The number of anilines is 2. The predicted octanol–water partition coefficient (Wildman–Crippen LogP) is 3.18. The molecule has 0 unspecified atom stereocenters. The van der Waals surface area contributed by atoms with Gasteiger partial charge in [-0.1, -0.05) is 36.1 Å². The average Bonchev–Trinajstić information content (AvgIpc) is 2.93. The summed E-state index contributed by atoms with van der Waals surface area (Å²) < 4.78 is 0.633. The number of benzene rings is 1. The van der Waals surface area contributed by atoms with Crippen molar-refractivity contribution in [2.24, 2.45) is 0 Å². The molecule has 114 valence electrons. The molecule has 22 heavy (non-hydrogen) atoms. The lowest BCUT2D eigenvalue weighted by molar-refractivity contribution is -0.122. The van der Waals surface area contributed by atoms with E-state index in [2.05, 4.69) is 21.9 Å². The highest BCUT2D eigenvalue weighted by atomic mass is 32.2. The van der Waals surface area contributed by atoms with Crippen molar-refractivity contribution >= 4 is 45.6 Å². The summed E-state index contributed by atoms with van der Waals surface area (Å²) in [7, 11) is 4.05. The van der Waals surface area contributed by atoms with Crippen molar-refractivity contribution in [2.45, 2.75) is 6.92 Å². The molecule has 0 spiro atoms. The quantitative estimate of drug-likeness (QED) is 0.613. The van der Waals surface area contributed by atoms with E-state index >= 15 is 0 Å². The van der Waals surface area contributed by atoms with E-state index in [1.165, 1.54) is 11.8 Å². The minimum Gasteiger partial charge on any atom is -0.329 e. The van der Waals surface area contributed by atoms with Crippen molar-refractivity contribution in [2.75, 3.05) is 30.4 Å². The number of para-hydroxylation sites is 2. The second kappa shape index (κ2) is 5.78. The van der Waals surface area contributed by atoms with Crippen molar-refractivity contribution in [1.82, 2.24) is 4.90 Å². The van der Waals surface area contributed by atoms with Gasteiger partial charge in [0.1, 0.15) is 10.1 Å². The van der Waals surface area contributed by atoms with Gasteiger partial charge in [-0.15, -0.1) is 0 Å². The Labute approximate surface area is 140 Å². The number of nitrogens with zero attached hydrogens (tertiary/aromatic N) is 3. The van der Waals surface area contributed by atoms with Crippen LogP contribution in [-0.4, -0.2) is 35.8 Å². The van der Waals surface area contributed by atoms with Gasteiger partial charge in [0.2, 0.25) is 0 Å². The lowest BCUT2D eigenvalue weighted by Crippen LogP contribution is -2.27. The van der Waals surface area contributed by atoms with Gasteiger partial charge in [-0.25, -0.2) is 0 Å². The Kier molecular flexibility index (Phi) is 3.97. The maximum Gasteiger partial charge on any atom is 0.266 e. The molecule has 0 radical (unpaired) electrons. The van der Waals surface area contributed by atoms with Crippen molar-refractivity contribution < 1.29 is 4.79 Å². The first kappa shape index (κ1) is 15.1. The van der Waals surface area contributed by atoms with E-state index in [4.69, 9.17) is 12.2 Å². The Hall–Kier alpha value is -1.79. The number of amides is 1. The first-order valence-electron chi connectivity index (χ1n) is 7.06.